The molecule has 2 N–H and O–H groups in total. The minimum absolute atomic E-state index is 0. The zero-order chi connectivity index (χ0) is 15.5. The van der Waals surface area contributed by atoms with Crippen LogP contribution in [0.25, 0.3) is 0 Å². The Morgan fingerprint density at radius 3 is 2.70 bits per heavy atom. The van der Waals surface area contributed by atoms with E-state index < -0.39 is 0 Å². The lowest BCUT2D eigenvalue weighted by molar-refractivity contribution is 0.0714. The normalized spacial score (nSPS) is 15.3. The van der Waals surface area contributed by atoms with Gasteiger partial charge in [0.25, 0.3) is 5.91 Å². The highest BCUT2D eigenvalue weighted by atomic mass is 35.5. The highest BCUT2D eigenvalue weighted by molar-refractivity contribution is 6.31. The Morgan fingerprint density at radius 1 is 1.30 bits per heavy atom. The number of nitrogens with two attached hydrogens (primary N) is 1. The summed E-state index contributed by atoms with van der Waals surface area (Å²) in [6.07, 6.45) is 5.12. The Morgan fingerprint density at radius 2 is 2.00 bits per heavy atom. The Hall–Kier alpha value is -1.56. The Balaban J connectivity index is 0.00000192. The van der Waals surface area contributed by atoms with E-state index in [1.807, 2.05) is 29.2 Å². The molecule has 0 saturated carbocycles. The van der Waals surface area contributed by atoms with Gasteiger partial charge in [-0.25, -0.2) is 0 Å². The van der Waals surface area contributed by atoms with E-state index in [0.29, 0.717) is 17.1 Å². The van der Waals surface area contributed by atoms with Crippen LogP contribution in [0.15, 0.2) is 36.7 Å². The van der Waals surface area contributed by atoms with Crippen molar-refractivity contribution in [3.05, 3.63) is 52.8 Å². The first-order valence-electron chi connectivity index (χ1n) is 7.44. The first-order valence-corrected chi connectivity index (χ1v) is 7.82. The highest BCUT2D eigenvalue weighted by Gasteiger charge is 2.22. The molecule has 124 valence electrons. The summed E-state index contributed by atoms with van der Waals surface area (Å²) < 4.78 is 1.74. The van der Waals surface area contributed by atoms with Gasteiger partial charge in [0.05, 0.1) is 18.3 Å². The molecule has 1 fully saturated rings. The molecule has 1 amide bonds. The Labute approximate surface area is 146 Å². The van der Waals surface area contributed by atoms with E-state index in [-0.39, 0.29) is 24.4 Å². The second kappa shape index (κ2) is 7.81. The molecule has 3 rings (SSSR count). The third kappa shape index (κ3) is 4.25. The van der Waals surface area contributed by atoms with Crippen molar-refractivity contribution >= 4 is 29.9 Å². The SMILES string of the molecule is Cl.NC1CCN(C(=O)c2cnn(Cc3ccccc3Cl)c2)CC1. The van der Waals surface area contributed by atoms with E-state index >= 15 is 0 Å². The molecular weight excluding hydrogens is 335 g/mol. The molecule has 1 aromatic heterocycles. The molecule has 2 aromatic rings. The average molecular weight is 355 g/mol. The van der Waals surface area contributed by atoms with E-state index in [9.17, 15) is 4.79 Å². The molecule has 5 nitrogen and oxygen atoms in total. The van der Waals surface area contributed by atoms with Gasteiger partial charge >= 0.3 is 0 Å². The van der Waals surface area contributed by atoms with Gasteiger partial charge in [-0.3, -0.25) is 9.48 Å². The van der Waals surface area contributed by atoms with E-state index in [4.69, 9.17) is 17.3 Å². The van der Waals surface area contributed by atoms with Gasteiger partial charge < -0.3 is 10.6 Å². The molecule has 23 heavy (non-hydrogen) atoms. The zero-order valence-electron chi connectivity index (χ0n) is 12.7. The lowest BCUT2D eigenvalue weighted by atomic mass is 10.1. The number of piperidine rings is 1. The number of aromatic nitrogens is 2. The number of likely N-dealkylation sites (tertiary alicyclic amines) is 1. The molecule has 0 aliphatic carbocycles. The zero-order valence-corrected chi connectivity index (χ0v) is 14.3. The maximum Gasteiger partial charge on any atom is 0.257 e. The van der Waals surface area contributed by atoms with Crippen LogP contribution in [0.5, 0.6) is 0 Å². The predicted molar refractivity (Wildman–Crippen MR) is 93.1 cm³/mol. The van der Waals surface area contributed by atoms with Crippen molar-refractivity contribution in [2.24, 2.45) is 5.73 Å². The number of benzene rings is 1. The Bertz CT molecular complexity index is 666. The minimum Gasteiger partial charge on any atom is -0.338 e. The van der Waals surface area contributed by atoms with Crippen LogP contribution in [-0.4, -0.2) is 39.7 Å². The number of carbonyl (C=O) groups excluding carboxylic acids is 1. The molecule has 0 radical (unpaired) electrons. The van der Waals surface area contributed by atoms with Crippen LogP contribution in [0.2, 0.25) is 5.02 Å². The largest absolute Gasteiger partial charge is 0.338 e. The molecule has 0 atom stereocenters. The van der Waals surface area contributed by atoms with E-state index in [2.05, 4.69) is 5.10 Å². The van der Waals surface area contributed by atoms with Gasteiger partial charge in [0.15, 0.2) is 0 Å². The summed E-state index contributed by atoms with van der Waals surface area (Å²) in [6, 6.07) is 7.85. The number of amides is 1. The van der Waals surface area contributed by atoms with Gasteiger partial charge in [0.1, 0.15) is 0 Å². The number of nitrogens with zero attached hydrogens (tertiary/aromatic N) is 3. The summed E-state index contributed by atoms with van der Waals surface area (Å²) in [7, 11) is 0. The van der Waals surface area contributed by atoms with Gasteiger partial charge in [-0.1, -0.05) is 29.8 Å². The third-order valence-electron chi connectivity index (χ3n) is 4.00. The summed E-state index contributed by atoms with van der Waals surface area (Å²) >= 11 is 6.15. The average Bonchev–Trinajstić information content (AvgIpc) is 2.98. The summed E-state index contributed by atoms with van der Waals surface area (Å²) in [4.78, 5) is 14.3. The summed E-state index contributed by atoms with van der Waals surface area (Å²) in [6.45, 7) is 1.99. The van der Waals surface area contributed by atoms with E-state index in [1.165, 1.54) is 0 Å². The molecule has 0 unspecified atom stereocenters. The first-order chi connectivity index (χ1) is 10.6. The maximum absolute atomic E-state index is 12.4. The van der Waals surface area contributed by atoms with Crippen molar-refractivity contribution in [3.8, 4) is 0 Å². The highest BCUT2D eigenvalue weighted by Crippen LogP contribution is 2.17. The van der Waals surface area contributed by atoms with Crippen LogP contribution in [0.1, 0.15) is 28.8 Å². The standard InChI is InChI=1S/C16H19ClN4O.ClH/c17-15-4-2-1-3-12(15)10-21-11-13(9-19-21)16(22)20-7-5-14(18)6-8-20;/h1-4,9,11,14H,5-8,10,18H2;1H. The molecule has 0 spiro atoms. The van der Waals surface area contributed by atoms with Crippen molar-refractivity contribution in [1.82, 2.24) is 14.7 Å². The van der Waals surface area contributed by atoms with Crippen LogP contribution in [-0.2, 0) is 6.54 Å². The molecule has 2 heterocycles. The van der Waals surface area contributed by atoms with Crippen LogP contribution in [0.3, 0.4) is 0 Å². The van der Waals surface area contributed by atoms with Crippen LogP contribution in [0.4, 0.5) is 0 Å². The Kier molecular flexibility index (Phi) is 6.04. The van der Waals surface area contributed by atoms with Crippen molar-refractivity contribution in [2.45, 2.75) is 25.4 Å². The fourth-order valence-electron chi connectivity index (χ4n) is 2.65. The molecule has 0 bridgehead atoms. The first kappa shape index (κ1) is 17.8. The lowest BCUT2D eigenvalue weighted by Crippen LogP contribution is -2.42. The van der Waals surface area contributed by atoms with Crippen molar-refractivity contribution < 1.29 is 4.79 Å². The van der Waals surface area contributed by atoms with E-state index in [0.717, 1.165) is 31.5 Å². The summed E-state index contributed by atoms with van der Waals surface area (Å²) in [5.74, 6) is 0.0253. The van der Waals surface area contributed by atoms with E-state index in [1.54, 1.807) is 17.1 Å². The quantitative estimate of drug-likeness (QED) is 0.920. The maximum atomic E-state index is 12.4. The predicted octanol–water partition coefficient (Wildman–Crippen LogP) is 2.57. The van der Waals surface area contributed by atoms with Crippen molar-refractivity contribution in [3.63, 3.8) is 0 Å². The summed E-state index contributed by atoms with van der Waals surface area (Å²) in [5.41, 5.74) is 7.47. The van der Waals surface area contributed by atoms with Crippen LogP contribution < -0.4 is 5.73 Å². The second-order valence-corrected chi connectivity index (χ2v) is 6.05. The van der Waals surface area contributed by atoms with Crippen molar-refractivity contribution in [2.75, 3.05) is 13.1 Å². The summed E-state index contributed by atoms with van der Waals surface area (Å²) in [5, 5.41) is 4.97. The van der Waals surface area contributed by atoms with Gasteiger partial charge in [-0.2, -0.15) is 5.10 Å². The monoisotopic (exact) mass is 354 g/mol. The second-order valence-electron chi connectivity index (χ2n) is 5.65. The fraction of sp³-hybridized carbons (Fsp3) is 0.375. The molecular formula is C16H20Cl2N4O. The number of rotatable bonds is 3. The third-order valence-corrected chi connectivity index (χ3v) is 4.37. The molecule has 7 heteroatoms. The topological polar surface area (TPSA) is 64.2 Å². The van der Waals surface area contributed by atoms with Gasteiger partial charge in [0, 0.05) is 30.4 Å². The number of hydrogen-bond donors (Lipinski definition) is 1. The van der Waals surface area contributed by atoms with Crippen molar-refractivity contribution in [1.29, 1.82) is 0 Å². The number of carbonyl (C=O) groups is 1. The van der Waals surface area contributed by atoms with Crippen LogP contribution >= 0.6 is 24.0 Å². The fourth-order valence-corrected chi connectivity index (χ4v) is 2.84. The number of hydrogen-bond acceptors (Lipinski definition) is 3. The number of halogens is 2. The van der Waals surface area contributed by atoms with Gasteiger partial charge in [-0.05, 0) is 24.5 Å². The van der Waals surface area contributed by atoms with Gasteiger partial charge in [0.2, 0.25) is 0 Å². The molecule has 1 aliphatic rings. The lowest BCUT2D eigenvalue weighted by Gasteiger charge is -2.29. The molecule has 1 saturated heterocycles. The molecule has 1 aliphatic heterocycles. The molecule has 1 aromatic carbocycles. The van der Waals surface area contributed by atoms with Gasteiger partial charge in [-0.15, -0.1) is 12.4 Å². The smallest absolute Gasteiger partial charge is 0.257 e. The van der Waals surface area contributed by atoms with Crippen LogP contribution in [0, 0.1) is 0 Å². The minimum atomic E-state index is 0.